The van der Waals surface area contributed by atoms with Crippen molar-refractivity contribution in [1.82, 2.24) is 19.3 Å². The van der Waals surface area contributed by atoms with E-state index in [1.807, 2.05) is 6.20 Å². The average Bonchev–Trinajstić information content (AvgIpc) is 3.11. The number of thiazole rings is 1. The molecule has 0 fully saturated rings. The lowest BCUT2D eigenvalue weighted by Crippen LogP contribution is -2.18. The summed E-state index contributed by atoms with van der Waals surface area (Å²) in [6.45, 7) is 6.29. The third-order valence-corrected chi connectivity index (χ3v) is 4.23. The van der Waals surface area contributed by atoms with E-state index in [1.165, 1.54) is 5.56 Å². The van der Waals surface area contributed by atoms with Gasteiger partial charge >= 0.3 is 0 Å². The number of hydrogen-bond acceptors (Lipinski definition) is 3. The molecule has 0 spiro atoms. The van der Waals surface area contributed by atoms with Crippen LogP contribution in [0.3, 0.4) is 0 Å². The molecule has 3 aromatic rings. The predicted octanol–water partition coefficient (Wildman–Crippen LogP) is 3.31. The summed E-state index contributed by atoms with van der Waals surface area (Å²) in [6, 6.07) is 2.59. The van der Waals surface area contributed by atoms with Crippen molar-refractivity contribution in [3.05, 3.63) is 47.5 Å². The Balaban J connectivity index is 1.69. The van der Waals surface area contributed by atoms with E-state index in [2.05, 4.69) is 63.2 Å². The quantitative estimate of drug-likeness (QED) is 0.755. The largest absolute Gasteiger partial charge is 0.348 e. The van der Waals surface area contributed by atoms with Crippen molar-refractivity contribution in [3.8, 4) is 0 Å². The zero-order valence-electron chi connectivity index (χ0n) is 11.9. The molecule has 0 radical (unpaired) electrons. The molecule has 1 unspecified atom stereocenters. The molecule has 3 aromatic heterocycles. The first-order chi connectivity index (χ1) is 9.76. The van der Waals surface area contributed by atoms with Gasteiger partial charge in [-0.05, 0) is 31.5 Å². The molecule has 0 aliphatic rings. The molecule has 106 valence electrons. The first kappa shape index (κ1) is 13.4. The number of nitrogens with one attached hydrogen (secondary N) is 1. The fourth-order valence-electron chi connectivity index (χ4n) is 2.33. The van der Waals surface area contributed by atoms with Gasteiger partial charge in [0.15, 0.2) is 4.96 Å². The van der Waals surface area contributed by atoms with Crippen LogP contribution in [0.15, 0.2) is 36.2 Å². The Kier molecular flexibility index (Phi) is 3.89. The summed E-state index contributed by atoms with van der Waals surface area (Å²) in [5.74, 6) is 0. The third-order valence-electron chi connectivity index (χ3n) is 3.46. The molecule has 0 saturated carbocycles. The van der Waals surface area contributed by atoms with Gasteiger partial charge in [0.1, 0.15) is 0 Å². The molecule has 1 N–H and O–H groups in total. The highest BCUT2D eigenvalue weighted by molar-refractivity contribution is 7.15. The molecule has 0 aliphatic heterocycles. The SMILES string of the molecule is CCCNC(C)c1ccn(Cc2cn3ccsc3n2)c1. The van der Waals surface area contributed by atoms with Crippen molar-refractivity contribution in [3.63, 3.8) is 0 Å². The minimum absolute atomic E-state index is 0.404. The molecule has 0 bridgehead atoms. The Labute approximate surface area is 123 Å². The van der Waals surface area contributed by atoms with Crippen LogP contribution in [-0.4, -0.2) is 20.5 Å². The second-order valence-corrected chi connectivity index (χ2v) is 5.99. The first-order valence-corrected chi connectivity index (χ1v) is 7.94. The lowest BCUT2D eigenvalue weighted by atomic mass is 10.2. The van der Waals surface area contributed by atoms with E-state index < -0.39 is 0 Å². The second kappa shape index (κ2) is 5.81. The number of nitrogens with zero attached hydrogens (tertiary/aromatic N) is 3. The molecule has 0 aliphatic carbocycles. The maximum Gasteiger partial charge on any atom is 0.193 e. The van der Waals surface area contributed by atoms with Crippen molar-refractivity contribution < 1.29 is 0 Å². The van der Waals surface area contributed by atoms with Crippen LogP contribution in [0.25, 0.3) is 4.96 Å². The first-order valence-electron chi connectivity index (χ1n) is 7.06. The van der Waals surface area contributed by atoms with Crippen LogP contribution >= 0.6 is 11.3 Å². The fourth-order valence-corrected chi connectivity index (χ4v) is 3.05. The molecule has 0 aromatic carbocycles. The highest BCUT2D eigenvalue weighted by Gasteiger charge is 2.07. The van der Waals surface area contributed by atoms with Crippen molar-refractivity contribution >= 4 is 16.3 Å². The number of hydrogen-bond donors (Lipinski definition) is 1. The van der Waals surface area contributed by atoms with E-state index in [0.717, 1.165) is 30.2 Å². The van der Waals surface area contributed by atoms with Crippen LogP contribution in [0.5, 0.6) is 0 Å². The summed E-state index contributed by atoms with van der Waals surface area (Å²) in [6.07, 6.45) is 9.66. The van der Waals surface area contributed by atoms with Crippen molar-refractivity contribution in [2.24, 2.45) is 0 Å². The van der Waals surface area contributed by atoms with E-state index in [9.17, 15) is 0 Å². The van der Waals surface area contributed by atoms with Crippen LogP contribution in [0.2, 0.25) is 0 Å². The topological polar surface area (TPSA) is 34.3 Å². The third kappa shape index (κ3) is 2.78. The van der Waals surface area contributed by atoms with E-state index in [0.29, 0.717) is 6.04 Å². The Morgan fingerprint density at radius 2 is 2.25 bits per heavy atom. The van der Waals surface area contributed by atoms with E-state index in [1.54, 1.807) is 11.3 Å². The van der Waals surface area contributed by atoms with Crippen LogP contribution < -0.4 is 5.32 Å². The van der Waals surface area contributed by atoms with Gasteiger partial charge in [0.2, 0.25) is 0 Å². The molecule has 3 rings (SSSR count). The molecule has 5 heteroatoms. The van der Waals surface area contributed by atoms with Crippen LogP contribution in [0, 0.1) is 0 Å². The average molecular weight is 288 g/mol. The van der Waals surface area contributed by atoms with Gasteiger partial charge in [0.05, 0.1) is 12.2 Å². The standard InChI is InChI=1S/C15H20N4S/c1-3-5-16-12(2)13-4-6-18(9-13)10-14-11-19-7-8-20-15(19)17-14/h4,6-9,11-12,16H,3,5,10H2,1-2H3. The van der Waals surface area contributed by atoms with E-state index in [4.69, 9.17) is 0 Å². The van der Waals surface area contributed by atoms with Gasteiger partial charge in [-0.25, -0.2) is 4.98 Å². The summed E-state index contributed by atoms with van der Waals surface area (Å²) in [5.41, 5.74) is 2.44. The monoisotopic (exact) mass is 288 g/mol. The van der Waals surface area contributed by atoms with Crippen LogP contribution in [-0.2, 0) is 6.54 Å². The van der Waals surface area contributed by atoms with Gasteiger partial charge in [-0.1, -0.05) is 6.92 Å². The summed E-state index contributed by atoms with van der Waals surface area (Å²) in [5, 5.41) is 5.57. The van der Waals surface area contributed by atoms with E-state index in [-0.39, 0.29) is 0 Å². The normalized spacial score (nSPS) is 13.1. The lowest BCUT2D eigenvalue weighted by molar-refractivity contribution is 0.569. The number of rotatable bonds is 6. The van der Waals surface area contributed by atoms with Crippen molar-refractivity contribution in [1.29, 1.82) is 0 Å². The Hall–Kier alpha value is -1.59. The van der Waals surface area contributed by atoms with Gasteiger partial charge in [-0.2, -0.15) is 0 Å². The number of fused-ring (bicyclic) bond motifs is 1. The molecule has 20 heavy (non-hydrogen) atoms. The molecular weight excluding hydrogens is 268 g/mol. The molecular formula is C15H20N4S. The fraction of sp³-hybridized carbons (Fsp3) is 0.400. The Morgan fingerprint density at radius 1 is 1.35 bits per heavy atom. The van der Waals surface area contributed by atoms with Gasteiger partial charge < -0.3 is 9.88 Å². The van der Waals surface area contributed by atoms with Gasteiger partial charge in [-0.15, -0.1) is 11.3 Å². The molecule has 1 atom stereocenters. The zero-order valence-corrected chi connectivity index (χ0v) is 12.7. The smallest absolute Gasteiger partial charge is 0.193 e. The minimum atomic E-state index is 0.404. The highest BCUT2D eigenvalue weighted by Crippen LogP contribution is 2.15. The van der Waals surface area contributed by atoms with Gasteiger partial charge in [0, 0.05) is 36.2 Å². The van der Waals surface area contributed by atoms with Crippen molar-refractivity contribution in [2.45, 2.75) is 32.9 Å². The Morgan fingerprint density at radius 3 is 3.05 bits per heavy atom. The molecule has 0 amide bonds. The van der Waals surface area contributed by atoms with E-state index >= 15 is 0 Å². The summed E-state index contributed by atoms with van der Waals surface area (Å²) < 4.78 is 4.28. The van der Waals surface area contributed by atoms with Crippen LogP contribution in [0.1, 0.15) is 37.6 Å². The predicted molar refractivity (Wildman–Crippen MR) is 83.3 cm³/mol. The number of imidazole rings is 1. The second-order valence-electron chi connectivity index (χ2n) is 5.12. The summed E-state index contributed by atoms with van der Waals surface area (Å²) in [7, 11) is 0. The van der Waals surface area contributed by atoms with Gasteiger partial charge in [0.25, 0.3) is 0 Å². The maximum atomic E-state index is 4.62. The number of aromatic nitrogens is 3. The van der Waals surface area contributed by atoms with Crippen molar-refractivity contribution in [2.75, 3.05) is 6.54 Å². The summed E-state index contributed by atoms with van der Waals surface area (Å²) >= 11 is 1.67. The minimum Gasteiger partial charge on any atom is -0.348 e. The maximum absolute atomic E-state index is 4.62. The van der Waals surface area contributed by atoms with Crippen LogP contribution in [0.4, 0.5) is 0 Å². The molecule has 0 saturated heterocycles. The summed E-state index contributed by atoms with van der Waals surface area (Å²) in [4.78, 5) is 5.68. The molecule has 4 nitrogen and oxygen atoms in total. The zero-order chi connectivity index (χ0) is 13.9. The Bertz CT molecular complexity index is 650. The highest BCUT2D eigenvalue weighted by atomic mass is 32.1. The van der Waals surface area contributed by atoms with Gasteiger partial charge in [-0.3, -0.25) is 4.40 Å². The lowest BCUT2D eigenvalue weighted by Gasteiger charge is -2.11. The molecule has 3 heterocycles.